The molecular formula is C13H26N2S. The summed E-state index contributed by atoms with van der Waals surface area (Å²) in [6.45, 7) is 6.83. The van der Waals surface area contributed by atoms with E-state index in [1.54, 1.807) is 0 Å². The van der Waals surface area contributed by atoms with Crippen molar-refractivity contribution in [3.05, 3.63) is 0 Å². The molecule has 94 valence electrons. The van der Waals surface area contributed by atoms with E-state index in [1.807, 2.05) is 0 Å². The molecule has 0 aromatic rings. The van der Waals surface area contributed by atoms with E-state index in [0.29, 0.717) is 5.54 Å². The number of rotatable bonds is 3. The number of hydrogen-bond donors (Lipinski definition) is 1. The molecule has 3 unspecified atom stereocenters. The Bertz CT molecular complexity index is 234. The minimum Gasteiger partial charge on any atom is -0.329 e. The van der Waals surface area contributed by atoms with Crippen LogP contribution in [0, 0.1) is 5.92 Å². The van der Waals surface area contributed by atoms with Gasteiger partial charge in [0.1, 0.15) is 0 Å². The molecule has 0 radical (unpaired) electrons. The van der Waals surface area contributed by atoms with Crippen molar-refractivity contribution in [3.63, 3.8) is 0 Å². The lowest BCUT2D eigenvalue weighted by molar-refractivity contribution is 0.0329. The third-order valence-electron chi connectivity index (χ3n) is 4.71. The average Bonchev–Trinajstić information content (AvgIpc) is 2.73. The van der Waals surface area contributed by atoms with E-state index in [2.05, 4.69) is 30.5 Å². The SMILES string of the molecule is CCC1CCCC1(CN)N1CCSCC1C. The van der Waals surface area contributed by atoms with Gasteiger partial charge in [0.2, 0.25) is 0 Å². The normalized spacial score (nSPS) is 41.4. The first-order chi connectivity index (χ1) is 7.74. The molecule has 0 bridgehead atoms. The third kappa shape index (κ3) is 2.02. The summed E-state index contributed by atoms with van der Waals surface area (Å²) in [6.07, 6.45) is 5.40. The van der Waals surface area contributed by atoms with Crippen LogP contribution in [0.1, 0.15) is 39.5 Å². The molecule has 3 atom stereocenters. The molecule has 16 heavy (non-hydrogen) atoms. The molecule has 1 aliphatic heterocycles. The van der Waals surface area contributed by atoms with Crippen molar-refractivity contribution >= 4 is 11.8 Å². The molecule has 0 aromatic heterocycles. The Balaban J connectivity index is 2.18. The van der Waals surface area contributed by atoms with E-state index < -0.39 is 0 Å². The van der Waals surface area contributed by atoms with Gasteiger partial charge in [0, 0.05) is 36.2 Å². The van der Waals surface area contributed by atoms with Crippen molar-refractivity contribution in [1.82, 2.24) is 4.90 Å². The van der Waals surface area contributed by atoms with E-state index in [0.717, 1.165) is 18.5 Å². The van der Waals surface area contributed by atoms with Crippen LogP contribution < -0.4 is 5.73 Å². The topological polar surface area (TPSA) is 29.3 Å². The number of nitrogens with zero attached hydrogens (tertiary/aromatic N) is 1. The van der Waals surface area contributed by atoms with Crippen molar-refractivity contribution in [1.29, 1.82) is 0 Å². The lowest BCUT2D eigenvalue weighted by atomic mass is 9.82. The van der Waals surface area contributed by atoms with E-state index in [-0.39, 0.29) is 0 Å². The Hall–Kier alpha value is 0.270. The fourth-order valence-corrected chi connectivity index (χ4v) is 4.88. The Morgan fingerprint density at radius 2 is 2.31 bits per heavy atom. The zero-order chi connectivity index (χ0) is 11.6. The first-order valence-electron chi connectivity index (χ1n) is 6.79. The highest BCUT2D eigenvalue weighted by atomic mass is 32.2. The van der Waals surface area contributed by atoms with Gasteiger partial charge in [-0.1, -0.05) is 19.8 Å². The molecule has 2 fully saturated rings. The second-order valence-electron chi connectivity index (χ2n) is 5.42. The average molecular weight is 242 g/mol. The quantitative estimate of drug-likeness (QED) is 0.823. The maximum Gasteiger partial charge on any atom is 0.0363 e. The van der Waals surface area contributed by atoms with E-state index in [1.165, 1.54) is 43.7 Å². The van der Waals surface area contributed by atoms with Crippen LogP contribution in [0.25, 0.3) is 0 Å². The maximum absolute atomic E-state index is 6.18. The van der Waals surface area contributed by atoms with Crippen LogP contribution in [0.3, 0.4) is 0 Å². The summed E-state index contributed by atoms with van der Waals surface area (Å²) in [6, 6.07) is 0.717. The highest BCUT2D eigenvalue weighted by molar-refractivity contribution is 7.99. The molecule has 2 aliphatic rings. The summed E-state index contributed by atoms with van der Waals surface area (Å²) in [7, 11) is 0. The molecular weight excluding hydrogens is 216 g/mol. The minimum absolute atomic E-state index is 0.342. The van der Waals surface area contributed by atoms with Crippen LogP contribution in [-0.4, -0.2) is 41.1 Å². The molecule has 0 spiro atoms. The molecule has 1 aliphatic carbocycles. The van der Waals surface area contributed by atoms with Crippen LogP contribution in [-0.2, 0) is 0 Å². The number of nitrogens with two attached hydrogens (primary N) is 1. The molecule has 1 saturated carbocycles. The van der Waals surface area contributed by atoms with Crippen molar-refractivity contribution in [2.45, 2.75) is 51.1 Å². The minimum atomic E-state index is 0.342. The first-order valence-corrected chi connectivity index (χ1v) is 7.94. The molecule has 3 heteroatoms. The fraction of sp³-hybridized carbons (Fsp3) is 1.00. The van der Waals surface area contributed by atoms with Gasteiger partial charge in [-0.2, -0.15) is 11.8 Å². The summed E-state index contributed by atoms with van der Waals surface area (Å²) < 4.78 is 0. The van der Waals surface area contributed by atoms with Crippen LogP contribution >= 0.6 is 11.8 Å². The number of hydrogen-bond acceptors (Lipinski definition) is 3. The molecule has 2 N–H and O–H groups in total. The number of thioether (sulfide) groups is 1. The Morgan fingerprint density at radius 1 is 1.50 bits per heavy atom. The predicted octanol–water partition coefficient (Wildman–Crippen LogP) is 2.33. The van der Waals surface area contributed by atoms with Gasteiger partial charge in [0.25, 0.3) is 0 Å². The lowest BCUT2D eigenvalue weighted by Crippen LogP contribution is -2.61. The van der Waals surface area contributed by atoms with E-state index >= 15 is 0 Å². The van der Waals surface area contributed by atoms with E-state index in [4.69, 9.17) is 5.73 Å². The van der Waals surface area contributed by atoms with Crippen molar-refractivity contribution in [2.24, 2.45) is 11.7 Å². The second kappa shape index (κ2) is 5.28. The highest BCUT2D eigenvalue weighted by Gasteiger charge is 2.47. The van der Waals surface area contributed by atoms with Gasteiger partial charge in [-0.3, -0.25) is 4.90 Å². The molecule has 2 rings (SSSR count). The Labute approximate surface area is 104 Å². The zero-order valence-electron chi connectivity index (χ0n) is 10.7. The summed E-state index contributed by atoms with van der Waals surface area (Å²) in [5.74, 6) is 3.42. The fourth-order valence-electron chi connectivity index (χ4n) is 3.86. The molecule has 2 nitrogen and oxygen atoms in total. The van der Waals surface area contributed by atoms with Crippen molar-refractivity contribution < 1.29 is 0 Å². The van der Waals surface area contributed by atoms with Crippen LogP contribution in [0.4, 0.5) is 0 Å². The third-order valence-corrected chi connectivity index (χ3v) is 5.90. The predicted molar refractivity (Wildman–Crippen MR) is 72.9 cm³/mol. The molecule has 1 saturated heterocycles. The standard InChI is InChI=1S/C13H26N2S/c1-3-12-5-4-6-13(12,10-14)15-7-8-16-9-11(15)2/h11-12H,3-10,14H2,1-2H3. The largest absolute Gasteiger partial charge is 0.329 e. The van der Waals surface area contributed by atoms with Crippen LogP contribution in [0.5, 0.6) is 0 Å². The Morgan fingerprint density at radius 3 is 2.94 bits per heavy atom. The van der Waals surface area contributed by atoms with Gasteiger partial charge in [-0.25, -0.2) is 0 Å². The lowest BCUT2D eigenvalue weighted by Gasteiger charge is -2.49. The molecule has 0 aromatic carbocycles. The molecule has 1 heterocycles. The van der Waals surface area contributed by atoms with Gasteiger partial charge in [0.05, 0.1) is 0 Å². The first kappa shape index (κ1) is 12.7. The maximum atomic E-state index is 6.18. The van der Waals surface area contributed by atoms with Gasteiger partial charge < -0.3 is 5.73 Å². The summed E-state index contributed by atoms with van der Waals surface area (Å²) in [5.41, 5.74) is 6.52. The molecule has 0 amide bonds. The summed E-state index contributed by atoms with van der Waals surface area (Å²) in [5, 5.41) is 0. The van der Waals surface area contributed by atoms with Gasteiger partial charge in [0.15, 0.2) is 0 Å². The van der Waals surface area contributed by atoms with Crippen LogP contribution in [0.2, 0.25) is 0 Å². The summed E-state index contributed by atoms with van der Waals surface area (Å²) >= 11 is 2.10. The monoisotopic (exact) mass is 242 g/mol. The highest BCUT2D eigenvalue weighted by Crippen LogP contribution is 2.43. The summed E-state index contributed by atoms with van der Waals surface area (Å²) in [4.78, 5) is 2.75. The van der Waals surface area contributed by atoms with Crippen LogP contribution in [0.15, 0.2) is 0 Å². The zero-order valence-corrected chi connectivity index (χ0v) is 11.6. The van der Waals surface area contributed by atoms with Crippen molar-refractivity contribution in [2.75, 3.05) is 24.6 Å². The van der Waals surface area contributed by atoms with E-state index in [9.17, 15) is 0 Å². The smallest absolute Gasteiger partial charge is 0.0363 e. The van der Waals surface area contributed by atoms with Crippen molar-refractivity contribution in [3.8, 4) is 0 Å². The van der Waals surface area contributed by atoms with Gasteiger partial charge in [-0.05, 0) is 25.7 Å². The van der Waals surface area contributed by atoms with Gasteiger partial charge >= 0.3 is 0 Å². The second-order valence-corrected chi connectivity index (χ2v) is 6.57. The Kier molecular flexibility index (Phi) is 4.20. The van der Waals surface area contributed by atoms with Gasteiger partial charge in [-0.15, -0.1) is 0 Å².